The molecule has 20 heavy (non-hydrogen) atoms. The number of hydrogen-bond acceptors (Lipinski definition) is 2. The molecule has 0 aliphatic heterocycles. The van der Waals surface area contributed by atoms with Crippen LogP contribution >= 0.6 is 0 Å². The predicted molar refractivity (Wildman–Crippen MR) is 70.9 cm³/mol. The van der Waals surface area contributed by atoms with Gasteiger partial charge in [-0.05, 0) is 24.6 Å². The van der Waals surface area contributed by atoms with Crippen LogP contribution in [0.3, 0.4) is 0 Å². The van der Waals surface area contributed by atoms with Crippen molar-refractivity contribution in [2.45, 2.75) is 26.1 Å². The van der Waals surface area contributed by atoms with Gasteiger partial charge in [-0.1, -0.05) is 12.1 Å². The van der Waals surface area contributed by atoms with Gasteiger partial charge in [-0.2, -0.15) is 13.2 Å². The minimum atomic E-state index is -4.88. The van der Waals surface area contributed by atoms with Gasteiger partial charge in [-0.3, -0.25) is 4.79 Å². The highest BCUT2D eigenvalue weighted by molar-refractivity contribution is 5.94. The van der Waals surface area contributed by atoms with E-state index in [4.69, 9.17) is 0 Å². The van der Waals surface area contributed by atoms with Crippen LogP contribution in [0.15, 0.2) is 24.3 Å². The topological polar surface area (TPSA) is 41.1 Å². The van der Waals surface area contributed by atoms with Gasteiger partial charge in [0.2, 0.25) is 0 Å². The van der Waals surface area contributed by atoms with Crippen LogP contribution in [0.4, 0.5) is 18.9 Å². The van der Waals surface area contributed by atoms with E-state index in [1.54, 1.807) is 19.1 Å². The van der Waals surface area contributed by atoms with E-state index < -0.39 is 12.1 Å². The average molecular weight is 284 g/mol. The molecule has 1 aromatic carbocycles. The Balaban J connectivity index is 2.53. The van der Waals surface area contributed by atoms with E-state index >= 15 is 0 Å². The van der Waals surface area contributed by atoms with Crippen molar-refractivity contribution in [1.29, 1.82) is 0 Å². The lowest BCUT2D eigenvalue weighted by Gasteiger charge is -2.09. The van der Waals surface area contributed by atoms with Crippen molar-refractivity contribution >= 4 is 11.6 Å². The highest BCUT2D eigenvalue weighted by atomic mass is 19.4. The fourth-order valence-corrected chi connectivity index (χ4v) is 1.47. The molecule has 0 saturated heterocycles. The molecule has 0 bridgehead atoms. The summed E-state index contributed by atoms with van der Waals surface area (Å²) in [6, 6.07) is 6.27. The molecule has 6 heteroatoms. The Kier molecular flexibility index (Phi) is 6.07. The molecule has 0 fully saturated rings. The minimum Gasteiger partial charge on any atom is -0.318 e. The van der Waals surface area contributed by atoms with Gasteiger partial charge in [0.1, 0.15) is 0 Å². The lowest BCUT2D eigenvalue weighted by Crippen LogP contribution is -2.29. The van der Waals surface area contributed by atoms with Crippen LogP contribution in [-0.4, -0.2) is 18.6 Å². The molecule has 0 atom stereocenters. The summed E-state index contributed by atoms with van der Waals surface area (Å²) in [6.07, 6.45) is -4.17. The third-order valence-electron chi connectivity index (χ3n) is 2.37. The zero-order valence-electron chi connectivity index (χ0n) is 11.0. The zero-order chi connectivity index (χ0) is 15.0. The number of amides is 1. The van der Waals surface area contributed by atoms with Gasteiger partial charge in [0.05, 0.1) is 0 Å². The third kappa shape index (κ3) is 5.76. The number of alkyl halides is 3. The second-order valence-electron chi connectivity index (χ2n) is 4.01. The van der Waals surface area contributed by atoms with E-state index in [1.165, 1.54) is 12.1 Å². The summed E-state index contributed by atoms with van der Waals surface area (Å²) in [5, 5.41) is 4.93. The number of benzene rings is 1. The van der Waals surface area contributed by atoms with Gasteiger partial charge >= 0.3 is 12.1 Å². The van der Waals surface area contributed by atoms with E-state index in [-0.39, 0.29) is 5.69 Å². The van der Waals surface area contributed by atoms with Crippen LogP contribution in [0, 0.1) is 11.8 Å². The number of nitrogens with one attached hydrogen (secondary N) is 2. The zero-order valence-corrected chi connectivity index (χ0v) is 11.0. The molecule has 0 aliphatic rings. The molecule has 0 saturated carbocycles. The first-order chi connectivity index (χ1) is 9.43. The van der Waals surface area contributed by atoms with Crippen molar-refractivity contribution in [2.24, 2.45) is 0 Å². The van der Waals surface area contributed by atoms with E-state index in [9.17, 15) is 18.0 Å². The maximum Gasteiger partial charge on any atom is 0.471 e. The predicted octanol–water partition coefficient (Wildman–Crippen LogP) is 2.69. The van der Waals surface area contributed by atoms with Crippen molar-refractivity contribution in [3.63, 3.8) is 0 Å². The standard InChI is InChI=1S/C14H15F3N2O/c1-2-3-4-8-18-10-11-6-5-7-12(9-11)19-13(20)14(15,16)17/h5-7,9,18H,4,8,10H2,1H3,(H,19,20). The number of rotatable bonds is 5. The molecule has 0 radical (unpaired) electrons. The van der Waals surface area contributed by atoms with Crippen molar-refractivity contribution in [3.05, 3.63) is 29.8 Å². The molecular weight excluding hydrogens is 269 g/mol. The van der Waals surface area contributed by atoms with E-state index in [0.717, 1.165) is 5.56 Å². The number of anilines is 1. The highest BCUT2D eigenvalue weighted by Crippen LogP contribution is 2.18. The number of carbonyl (C=O) groups is 1. The molecule has 0 heterocycles. The SMILES string of the molecule is CC#CCCNCc1cccc(NC(=O)C(F)(F)F)c1. The Hall–Kier alpha value is -2.00. The van der Waals surface area contributed by atoms with Crippen molar-refractivity contribution in [3.8, 4) is 11.8 Å². The second kappa shape index (κ2) is 7.56. The van der Waals surface area contributed by atoms with Crippen LogP contribution in [0.2, 0.25) is 0 Å². The minimum absolute atomic E-state index is 0.125. The van der Waals surface area contributed by atoms with E-state index in [1.807, 2.05) is 5.32 Å². The fourth-order valence-electron chi connectivity index (χ4n) is 1.47. The quantitative estimate of drug-likeness (QED) is 0.645. The Bertz CT molecular complexity index is 515. The molecule has 1 rings (SSSR count). The monoisotopic (exact) mass is 284 g/mol. The first-order valence-corrected chi connectivity index (χ1v) is 6.01. The summed E-state index contributed by atoms with van der Waals surface area (Å²) in [4.78, 5) is 10.8. The Morgan fingerprint density at radius 2 is 2.10 bits per heavy atom. The molecule has 0 unspecified atom stereocenters. The first-order valence-electron chi connectivity index (χ1n) is 6.01. The van der Waals surface area contributed by atoms with Crippen LogP contribution in [-0.2, 0) is 11.3 Å². The van der Waals surface area contributed by atoms with Gasteiger partial charge in [0.15, 0.2) is 0 Å². The Labute approximate surface area is 115 Å². The summed E-state index contributed by atoms with van der Waals surface area (Å²) >= 11 is 0. The van der Waals surface area contributed by atoms with Gasteiger partial charge < -0.3 is 10.6 Å². The summed E-state index contributed by atoms with van der Waals surface area (Å²) < 4.78 is 36.4. The smallest absolute Gasteiger partial charge is 0.318 e. The van der Waals surface area contributed by atoms with Gasteiger partial charge in [-0.15, -0.1) is 11.8 Å². The van der Waals surface area contributed by atoms with Crippen LogP contribution < -0.4 is 10.6 Å². The van der Waals surface area contributed by atoms with Gasteiger partial charge in [0.25, 0.3) is 0 Å². The molecule has 1 amide bonds. The molecule has 2 N–H and O–H groups in total. The normalized spacial score (nSPS) is 10.6. The van der Waals surface area contributed by atoms with E-state index in [2.05, 4.69) is 17.2 Å². The molecule has 3 nitrogen and oxygen atoms in total. The highest BCUT2D eigenvalue weighted by Gasteiger charge is 2.38. The second-order valence-corrected chi connectivity index (χ2v) is 4.01. The summed E-state index contributed by atoms with van der Waals surface area (Å²) in [5.74, 6) is 3.69. The maximum absolute atomic E-state index is 12.1. The van der Waals surface area contributed by atoms with Crippen LogP contribution in [0.1, 0.15) is 18.9 Å². The molecule has 0 spiro atoms. The summed E-state index contributed by atoms with van der Waals surface area (Å²) in [7, 11) is 0. The molecule has 108 valence electrons. The van der Waals surface area contributed by atoms with Gasteiger partial charge in [0, 0.05) is 25.2 Å². The summed E-state index contributed by atoms with van der Waals surface area (Å²) in [6.45, 7) is 2.95. The lowest BCUT2D eigenvalue weighted by atomic mass is 10.2. The largest absolute Gasteiger partial charge is 0.471 e. The molecule has 1 aromatic rings. The molecule has 0 aliphatic carbocycles. The molecular formula is C14H15F3N2O. The van der Waals surface area contributed by atoms with Crippen molar-refractivity contribution in [1.82, 2.24) is 5.32 Å². The number of carbonyl (C=O) groups excluding carboxylic acids is 1. The van der Waals surface area contributed by atoms with Crippen LogP contribution in [0.25, 0.3) is 0 Å². The summed E-state index contributed by atoms with van der Waals surface area (Å²) in [5.41, 5.74) is 0.911. The maximum atomic E-state index is 12.1. The Morgan fingerprint density at radius 1 is 1.35 bits per heavy atom. The van der Waals surface area contributed by atoms with Crippen molar-refractivity contribution < 1.29 is 18.0 Å². The number of hydrogen-bond donors (Lipinski definition) is 2. The van der Waals surface area contributed by atoms with Gasteiger partial charge in [-0.25, -0.2) is 0 Å². The third-order valence-corrected chi connectivity index (χ3v) is 2.37. The van der Waals surface area contributed by atoms with Crippen molar-refractivity contribution in [2.75, 3.05) is 11.9 Å². The molecule has 0 aromatic heterocycles. The average Bonchev–Trinajstić information content (AvgIpc) is 2.38. The van der Waals surface area contributed by atoms with Crippen LogP contribution in [0.5, 0.6) is 0 Å². The Morgan fingerprint density at radius 3 is 2.75 bits per heavy atom. The fraction of sp³-hybridized carbons (Fsp3) is 0.357. The first kappa shape index (κ1) is 16.1. The van der Waals surface area contributed by atoms with E-state index in [0.29, 0.717) is 19.5 Å². The lowest BCUT2D eigenvalue weighted by molar-refractivity contribution is -0.167. The number of halogens is 3.